The predicted molar refractivity (Wildman–Crippen MR) is 49.1 cm³/mol. The minimum atomic E-state index is -1.27. The normalized spacial score (nSPS) is 10.1. The molecule has 1 heterocycles. The highest BCUT2D eigenvalue weighted by Crippen LogP contribution is 2.11. The van der Waals surface area contributed by atoms with Crippen molar-refractivity contribution in [1.82, 2.24) is 4.57 Å². The topological polar surface area (TPSA) is 79.5 Å². The Labute approximate surface area is 84.5 Å². The molecular weight excluding hydrogens is 210 g/mol. The maximum Gasteiger partial charge on any atom is 0.353 e. The standard InChI is InChI=1S/C8H8ClNO4/c9-2-4-10-3-1-5(7(11)12)6(10)8(13)14/h1,3H,2,4H2,(H,11,12)(H,13,14). The fourth-order valence-electron chi connectivity index (χ4n) is 1.16. The highest BCUT2D eigenvalue weighted by molar-refractivity contribution is 6.17. The molecule has 0 fully saturated rings. The Morgan fingerprint density at radius 2 is 2.00 bits per heavy atom. The van der Waals surface area contributed by atoms with E-state index in [9.17, 15) is 9.59 Å². The van der Waals surface area contributed by atoms with Gasteiger partial charge in [-0.15, -0.1) is 11.6 Å². The van der Waals surface area contributed by atoms with Crippen molar-refractivity contribution < 1.29 is 19.8 Å². The van der Waals surface area contributed by atoms with Gasteiger partial charge in [-0.25, -0.2) is 9.59 Å². The van der Waals surface area contributed by atoms with Gasteiger partial charge < -0.3 is 14.8 Å². The molecule has 0 radical (unpaired) electrons. The van der Waals surface area contributed by atoms with E-state index in [1.165, 1.54) is 16.8 Å². The number of aromatic nitrogens is 1. The van der Waals surface area contributed by atoms with Crippen molar-refractivity contribution in [3.05, 3.63) is 23.5 Å². The van der Waals surface area contributed by atoms with E-state index in [0.717, 1.165) is 0 Å². The first-order valence-electron chi connectivity index (χ1n) is 3.79. The van der Waals surface area contributed by atoms with Gasteiger partial charge in [-0.1, -0.05) is 0 Å². The van der Waals surface area contributed by atoms with Crippen LogP contribution >= 0.6 is 11.6 Å². The quantitative estimate of drug-likeness (QED) is 0.741. The summed E-state index contributed by atoms with van der Waals surface area (Å²) in [7, 11) is 0. The van der Waals surface area contributed by atoms with Gasteiger partial charge in [0.05, 0.1) is 5.56 Å². The zero-order valence-electron chi connectivity index (χ0n) is 7.11. The summed E-state index contributed by atoms with van der Waals surface area (Å²) in [5, 5.41) is 17.5. The van der Waals surface area contributed by atoms with Gasteiger partial charge in [0.15, 0.2) is 0 Å². The van der Waals surface area contributed by atoms with Crippen LogP contribution in [0, 0.1) is 0 Å². The smallest absolute Gasteiger partial charge is 0.353 e. The Balaban J connectivity index is 3.20. The van der Waals surface area contributed by atoms with E-state index in [2.05, 4.69) is 0 Å². The first kappa shape index (κ1) is 10.6. The van der Waals surface area contributed by atoms with E-state index in [0.29, 0.717) is 0 Å². The van der Waals surface area contributed by atoms with Crippen molar-refractivity contribution in [1.29, 1.82) is 0 Å². The second-order valence-electron chi connectivity index (χ2n) is 2.57. The second kappa shape index (κ2) is 4.15. The summed E-state index contributed by atoms with van der Waals surface area (Å²) in [5.74, 6) is -2.29. The van der Waals surface area contributed by atoms with E-state index in [4.69, 9.17) is 21.8 Å². The van der Waals surface area contributed by atoms with E-state index < -0.39 is 11.9 Å². The summed E-state index contributed by atoms with van der Waals surface area (Å²) in [6.07, 6.45) is 1.40. The molecule has 76 valence electrons. The van der Waals surface area contributed by atoms with Crippen LogP contribution in [0.2, 0.25) is 0 Å². The van der Waals surface area contributed by atoms with Crippen molar-refractivity contribution in [2.75, 3.05) is 5.88 Å². The lowest BCUT2D eigenvalue weighted by Crippen LogP contribution is -2.13. The first-order valence-corrected chi connectivity index (χ1v) is 4.33. The maximum atomic E-state index is 10.8. The molecular formula is C8H8ClNO4. The zero-order valence-corrected chi connectivity index (χ0v) is 7.86. The number of alkyl halides is 1. The fourth-order valence-corrected chi connectivity index (χ4v) is 1.34. The van der Waals surface area contributed by atoms with Crippen molar-refractivity contribution in [2.24, 2.45) is 0 Å². The van der Waals surface area contributed by atoms with Gasteiger partial charge in [0.1, 0.15) is 5.69 Å². The minimum Gasteiger partial charge on any atom is -0.478 e. The molecule has 0 aromatic carbocycles. The lowest BCUT2D eigenvalue weighted by atomic mass is 10.2. The third kappa shape index (κ3) is 1.88. The molecule has 0 aliphatic carbocycles. The average molecular weight is 218 g/mol. The van der Waals surface area contributed by atoms with Crippen molar-refractivity contribution in [2.45, 2.75) is 6.54 Å². The molecule has 1 aromatic heterocycles. The van der Waals surface area contributed by atoms with E-state index in [-0.39, 0.29) is 23.7 Å². The SMILES string of the molecule is O=C(O)c1ccn(CCCl)c1C(=O)O. The van der Waals surface area contributed by atoms with Crippen LogP contribution in [0.3, 0.4) is 0 Å². The molecule has 14 heavy (non-hydrogen) atoms. The Kier molecular flexibility index (Phi) is 3.14. The van der Waals surface area contributed by atoms with E-state index in [1.54, 1.807) is 0 Å². The summed E-state index contributed by atoms with van der Waals surface area (Å²) < 4.78 is 1.30. The monoisotopic (exact) mass is 217 g/mol. The van der Waals surface area contributed by atoms with Crippen molar-refractivity contribution >= 4 is 23.5 Å². The number of rotatable bonds is 4. The molecule has 1 rings (SSSR count). The van der Waals surface area contributed by atoms with Gasteiger partial charge in [0.25, 0.3) is 0 Å². The molecule has 0 saturated carbocycles. The van der Waals surface area contributed by atoms with E-state index >= 15 is 0 Å². The minimum absolute atomic E-state index is 0.220. The largest absolute Gasteiger partial charge is 0.478 e. The van der Waals surface area contributed by atoms with Crippen LogP contribution in [0.25, 0.3) is 0 Å². The van der Waals surface area contributed by atoms with Crippen LogP contribution in [-0.2, 0) is 6.54 Å². The van der Waals surface area contributed by atoms with Gasteiger partial charge in [-0.2, -0.15) is 0 Å². The number of hydrogen-bond acceptors (Lipinski definition) is 2. The molecule has 0 bridgehead atoms. The van der Waals surface area contributed by atoms with Gasteiger partial charge in [0, 0.05) is 18.6 Å². The van der Waals surface area contributed by atoms with Crippen LogP contribution < -0.4 is 0 Å². The average Bonchev–Trinajstić information content (AvgIpc) is 2.48. The molecule has 5 nitrogen and oxygen atoms in total. The summed E-state index contributed by atoms with van der Waals surface area (Å²) in [6.45, 7) is 0.274. The Morgan fingerprint density at radius 1 is 1.36 bits per heavy atom. The number of hydrogen-bond donors (Lipinski definition) is 2. The third-order valence-electron chi connectivity index (χ3n) is 1.72. The summed E-state index contributed by atoms with van der Waals surface area (Å²) in [6, 6.07) is 1.25. The summed E-state index contributed by atoms with van der Waals surface area (Å²) in [5.41, 5.74) is -0.458. The number of halogens is 1. The van der Waals surface area contributed by atoms with Gasteiger partial charge in [-0.05, 0) is 6.07 Å². The summed E-state index contributed by atoms with van der Waals surface area (Å²) >= 11 is 5.44. The molecule has 0 aliphatic rings. The van der Waals surface area contributed by atoms with Crippen LogP contribution in [0.4, 0.5) is 0 Å². The molecule has 2 N–H and O–H groups in total. The lowest BCUT2D eigenvalue weighted by molar-refractivity contribution is 0.0644. The Morgan fingerprint density at radius 3 is 2.43 bits per heavy atom. The van der Waals surface area contributed by atoms with Crippen LogP contribution in [0.1, 0.15) is 20.8 Å². The molecule has 6 heteroatoms. The second-order valence-corrected chi connectivity index (χ2v) is 2.95. The first-order chi connectivity index (χ1) is 6.57. The van der Waals surface area contributed by atoms with Gasteiger partial charge in [0.2, 0.25) is 0 Å². The molecule has 0 saturated heterocycles. The van der Waals surface area contributed by atoms with Gasteiger partial charge in [-0.3, -0.25) is 0 Å². The lowest BCUT2D eigenvalue weighted by Gasteiger charge is -2.03. The zero-order chi connectivity index (χ0) is 10.7. The maximum absolute atomic E-state index is 10.8. The number of nitrogens with zero attached hydrogens (tertiary/aromatic N) is 1. The molecule has 1 aromatic rings. The number of aromatic carboxylic acids is 2. The molecule has 0 spiro atoms. The Hall–Kier alpha value is -1.49. The molecule has 0 amide bonds. The Bertz CT molecular complexity index is 371. The predicted octanol–water partition coefficient (Wildman–Crippen LogP) is 1.12. The highest BCUT2D eigenvalue weighted by atomic mass is 35.5. The van der Waals surface area contributed by atoms with Gasteiger partial charge >= 0.3 is 11.9 Å². The molecule has 0 unspecified atom stereocenters. The van der Waals surface area contributed by atoms with Crippen molar-refractivity contribution in [3.63, 3.8) is 0 Å². The van der Waals surface area contributed by atoms with Crippen LogP contribution in [0.5, 0.6) is 0 Å². The summed E-state index contributed by atoms with van der Waals surface area (Å²) in [4.78, 5) is 21.4. The molecule has 0 atom stereocenters. The number of carboxylic acid groups (broad SMARTS) is 2. The third-order valence-corrected chi connectivity index (χ3v) is 1.89. The fraction of sp³-hybridized carbons (Fsp3) is 0.250. The van der Waals surface area contributed by atoms with E-state index in [1.807, 2.05) is 0 Å². The molecule has 0 aliphatic heterocycles. The highest BCUT2D eigenvalue weighted by Gasteiger charge is 2.20. The number of carboxylic acids is 2. The number of carbonyl (C=O) groups is 2. The van der Waals surface area contributed by atoms with Crippen LogP contribution in [0.15, 0.2) is 12.3 Å². The number of aryl methyl sites for hydroxylation is 1. The van der Waals surface area contributed by atoms with Crippen LogP contribution in [-0.4, -0.2) is 32.6 Å². The van der Waals surface area contributed by atoms with Crippen molar-refractivity contribution in [3.8, 4) is 0 Å².